The quantitative estimate of drug-likeness (QED) is 0.0654. The van der Waals surface area contributed by atoms with Crippen molar-refractivity contribution in [3.63, 3.8) is 0 Å². The van der Waals surface area contributed by atoms with Crippen LogP contribution < -0.4 is 37.1 Å². The molecule has 10 aromatic rings. The van der Waals surface area contributed by atoms with E-state index in [0.29, 0.717) is 6.26 Å². The van der Waals surface area contributed by atoms with Gasteiger partial charge in [0.05, 0.1) is 14.2 Å². The monoisotopic (exact) mass is 1010 g/mol. The fourth-order valence-corrected chi connectivity index (χ4v) is 13.5. The first-order valence-electron chi connectivity index (χ1n) is 21.4. The van der Waals surface area contributed by atoms with Crippen LogP contribution in [0.2, 0.25) is 0 Å². The Labute approximate surface area is 405 Å². The third-order valence-corrected chi connectivity index (χ3v) is 16.2. The number of hydrogen-bond acceptors (Lipinski definition) is 3. The maximum atomic E-state index is 9.19. The van der Waals surface area contributed by atoms with Gasteiger partial charge in [-0.1, -0.05) is 188 Å². The number of benzene rings is 10. The minimum absolute atomic E-state index is 0. The van der Waals surface area contributed by atoms with Crippen molar-refractivity contribution >= 4 is 85.0 Å². The van der Waals surface area contributed by atoms with Crippen LogP contribution in [0.3, 0.4) is 0 Å². The van der Waals surface area contributed by atoms with E-state index < -0.39 is 26.0 Å². The van der Waals surface area contributed by atoms with E-state index in [2.05, 4.69) is 224 Å². The molecular weight excluding hydrogens is 959 g/mol. The van der Waals surface area contributed by atoms with E-state index in [-0.39, 0.29) is 20.4 Å². The predicted molar refractivity (Wildman–Crippen MR) is 283 cm³/mol. The molecule has 0 fully saturated rings. The van der Waals surface area contributed by atoms with Gasteiger partial charge < -0.3 is 5.32 Å². The minimum atomic E-state index is -3.67. The zero-order chi connectivity index (χ0) is 45.0. The van der Waals surface area contributed by atoms with E-state index in [1.165, 1.54) is 70.1 Å². The molecule has 328 valence electrons. The van der Waals surface area contributed by atoms with Crippen molar-refractivity contribution in [3.8, 4) is 22.3 Å². The summed E-state index contributed by atoms with van der Waals surface area (Å²) in [7, 11) is -3.96. The molecule has 0 unspecified atom stereocenters. The fourth-order valence-electron chi connectivity index (χ4n) is 8.22. The summed E-state index contributed by atoms with van der Waals surface area (Å²) in [5.74, 6) is 0. The van der Waals surface area contributed by atoms with Gasteiger partial charge in [0.2, 0.25) is 0 Å². The first-order chi connectivity index (χ1) is 31.8. The Kier molecular flexibility index (Phi) is 16.6. The standard InChI is InChI=1S/C44H32P2.C13H12N.CH4O3S.Pd/c1-5-19-35(20-6-1)45(36-21-7-2-8-22-36)41-31-29-33-17-13-15-27-39(33)43(41)44-40-28-16-14-18-34(40)30-32-42(44)46(37-23-9-3-10-24-37)38-25-11-4-12-26-38;1-14-13-10-6-5-9-12(13)11-7-3-2-4-8-11;1-5(2,3)4;/h1-32H;2-7,9-10,14H,1H3;1H3,(H,2,3,4);/q;-1;;+2/p+1. The summed E-state index contributed by atoms with van der Waals surface area (Å²) >= 11 is 0. The van der Waals surface area contributed by atoms with Gasteiger partial charge in [-0.3, -0.25) is 4.55 Å². The van der Waals surface area contributed by atoms with Crippen molar-refractivity contribution in [2.24, 2.45) is 0 Å². The summed E-state index contributed by atoms with van der Waals surface area (Å²) in [4.78, 5) is 0. The van der Waals surface area contributed by atoms with Gasteiger partial charge in [-0.15, -0.1) is 35.9 Å². The zero-order valence-electron chi connectivity index (χ0n) is 36.5. The van der Waals surface area contributed by atoms with E-state index in [4.69, 9.17) is 4.55 Å². The van der Waals surface area contributed by atoms with Gasteiger partial charge in [-0.05, 0) is 87.5 Å². The predicted octanol–water partition coefficient (Wildman–Crippen LogP) is 11.6. The fraction of sp³-hybridized carbons (Fsp3) is 0.0345. The molecular formula is C58H49NO3P2PdS+2. The summed E-state index contributed by atoms with van der Waals surface area (Å²) in [6, 6.07) is 91.5. The third kappa shape index (κ3) is 11.7. The SMILES string of the molecule is CNc1ccccc1-c1[c-]cccc1.CS(=O)(=O)O.[Pd+2].c1ccc(P(c2ccccc2)c2ccc3ccccc3c2-c2c([PH+](c3ccccc3)c3ccccc3)ccc3ccccc23)cc1. The third-order valence-electron chi connectivity index (χ3n) is 10.9. The molecule has 10 aromatic carbocycles. The summed E-state index contributed by atoms with van der Waals surface area (Å²) in [5, 5.41) is 16.7. The van der Waals surface area contributed by atoms with Gasteiger partial charge in [0.25, 0.3) is 10.1 Å². The van der Waals surface area contributed by atoms with E-state index in [1.807, 2.05) is 37.4 Å². The average Bonchev–Trinajstić information content (AvgIpc) is 3.35. The van der Waals surface area contributed by atoms with E-state index in [1.54, 1.807) is 0 Å². The Morgan fingerprint density at radius 1 is 0.500 bits per heavy atom. The first kappa shape index (κ1) is 47.9. The molecule has 0 aliphatic rings. The summed E-state index contributed by atoms with van der Waals surface area (Å²) in [5.41, 5.74) is 6.17. The Morgan fingerprint density at radius 2 is 0.939 bits per heavy atom. The number of hydrogen-bond donors (Lipinski definition) is 2. The molecule has 0 saturated carbocycles. The van der Waals surface area contributed by atoms with Crippen LogP contribution in [-0.2, 0) is 30.5 Å². The van der Waals surface area contributed by atoms with Crippen LogP contribution in [0, 0.1) is 6.07 Å². The maximum absolute atomic E-state index is 9.19. The number of para-hydroxylation sites is 1. The van der Waals surface area contributed by atoms with E-state index in [9.17, 15) is 8.42 Å². The van der Waals surface area contributed by atoms with Crippen molar-refractivity contribution in [3.05, 3.63) is 249 Å². The van der Waals surface area contributed by atoms with E-state index >= 15 is 0 Å². The van der Waals surface area contributed by atoms with Crippen LogP contribution in [0.4, 0.5) is 5.69 Å². The normalized spacial score (nSPS) is 10.9. The van der Waals surface area contributed by atoms with Crippen molar-refractivity contribution < 1.29 is 33.4 Å². The Balaban J connectivity index is 0.000000270. The van der Waals surface area contributed by atoms with Gasteiger partial charge >= 0.3 is 20.4 Å². The summed E-state index contributed by atoms with van der Waals surface area (Å²) in [6.45, 7) is 0. The molecule has 0 heterocycles. The second-order valence-electron chi connectivity index (χ2n) is 15.3. The second-order valence-corrected chi connectivity index (χ2v) is 21.4. The smallest absolute Gasteiger partial charge is 0.395 e. The molecule has 4 nitrogen and oxygen atoms in total. The molecule has 0 atom stereocenters. The number of nitrogens with one attached hydrogen (secondary N) is 1. The van der Waals surface area contributed by atoms with Crippen LogP contribution in [0.1, 0.15) is 0 Å². The van der Waals surface area contributed by atoms with Gasteiger partial charge in [0, 0.05) is 18.2 Å². The number of anilines is 1. The Hall–Kier alpha value is -6.05. The molecule has 2 N–H and O–H groups in total. The van der Waals surface area contributed by atoms with Gasteiger partial charge in [0.1, 0.15) is 15.9 Å². The molecule has 0 aromatic heterocycles. The molecule has 0 amide bonds. The minimum Gasteiger partial charge on any atom is -0.395 e. The van der Waals surface area contributed by atoms with Gasteiger partial charge in [0.15, 0.2) is 0 Å². The molecule has 0 aliphatic carbocycles. The van der Waals surface area contributed by atoms with Crippen LogP contribution >= 0.6 is 15.8 Å². The molecule has 0 radical (unpaired) electrons. The molecule has 0 saturated heterocycles. The topological polar surface area (TPSA) is 66.4 Å². The first-order valence-corrected chi connectivity index (χ1v) is 26.1. The second kappa shape index (κ2) is 22.9. The number of rotatable bonds is 9. The van der Waals surface area contributed by atoms with E-state index in [0.717, 1.165) is 11.3 Å². The summed E-state index contributed by atoms with van der Waals surface area (Å²) < 4.78 is 25.9. The van der Waals surface area contributed by atoms with Crippen molar-refractivity contribution in [2.45, 2.75) is 0 Å². The maximum Gasteiger partial charge on any atom is 2.00 e. The zero-order valence-corrected chi connectivity index (χ0v) is 40.8. The molecule has 0 spiro atoms. The van der Waals surface area contributed by atoms with Crippen molar-refractivity contribution in [1.29, 1.82) is 0 Å². The van der Waals surface area contributed by atoms with Crippen molar-refractivity contribution in [2.75, 3.05) is 18.6 Å². The van der Waals surface area contributed by atoms with Crippen molar-refractivity contribution in [1.82, 2.24) is 0 Å². The molecule has 0 bridgehead atoms. The number of fused-ring (bicyclic) bond motifs is 2. The molecule has 8 heteroatoms. The molecule has 66 heavy (non-hydrogen) atoms. The van der Waals surface area contributed by atoms with Gasteiger partial charge in [-0.25, -0.2) is 0 Å². The van der Waals surface area contributed by atoms with Crippen LogP contribution in [0.25, 0.3) is 43.8 Å². The van der Waals surface area contributed by atoms with Crippen LogP contribution in [-0.4, -0.2) is 26.3 Å². The summed E-state index contributed by atoms with van der Waals surface area (Å²) in [6.07, 6.45) is 0.715. The molecule has 10 rings (SSSR count). The Morgan fingerprint density at radius 3 is 1.45 bits per heavy atom. The largest absolute Gasteiger partial charge is 2.00 e. The van der Waals surface area contributed by atoms with Crippen LogP contribution in [0.5, 0.6) is 0 Å². The van der Waals surface area contributed by atoms with Crippen LogP contribution in [0.15, 0.2) is 243 Å². The average molecular weight is 1010 g/mol. The Bertz CT molecular complexity index is 2980. The molecule has 0 aliphatic heterocycles. The van der Waals surface area contributed by atoms with Gasteiger partial charge in [-0.2, -0.15) is 8.42 Å².